The van der Waals surface area contributed by atoms with Gasteiger partial charge < -0.3 is 14.8 Å². The number of carbonyl (C=O) groups excluding carboxylic acids is 1. The zero-order valence-electron chi connectivity index (χ0n) is 18.1. The van der Waals surface area contributed by atoms with Crippen LogP contribution in [-0.4, -0.2) is 60.6 Å². The third-order valence-electron chi connectivity index (χ3n) is 5.37. The maximum absolute atomic E-state index is 13.0. The predicted octanol–water partition coefficient (Wildman–Crippen LogP) is 2.15. The second-order valence-electron chi connectivity index (χ2n) is 7.48. The fraction of sp³-hybridized carbons (Fsp3) is 0.381. The smallest absolute Gasteiger partial charge is 0.243 e. The van der Waals surface area contributed by atoms with Gasteiger partial charge in [0, 0.05) is 37.0 Å². The molecule has 1 heterocycles. The van der Waals surface area contributed by atoms with Gasteiger partial charge in [-0.15, -0.1) is 0 Å². The summed E-state index contributed by atoms with van der Waals surface area (Å²) in [5.41, 5.74) is 0.489. The largest absolute Gasteiger partial charge is 0.493 e. The van der Waals surface area contributed by atoms with Gasteiger partial charge in [0.25, 0.3) is 0 Å². The highest BCUT2D eigenvalue weighted by molar-refractivity contribution is 7.90. The third-order valence-corrected chi connectivity index (χ3v) is 8.39. The summed E-state index contributed by atoms with van der Waals surface area (Å²) >= 11 is 0. The molecule has 9 nitrogen and oxygen atoms in total. The number of nitrogens with zero attached hydrogens (tertiary/aromatic N) is 1. The van der Waals surface area contributed by atoms with Gasteiger partial charge in [-0.2, -0.15) is 4.31 Å². The summed E-state index contributed by atoms with van der Waals surface area (Å²) in [5, 5.41) is 2.77. The molecule has 1 N–H and O–H groups in total. The van der Waals surface area contributed by atoms with Crippen molar-refractivity contribution in [2.24, 2.45) is 5.92 Å². The van der Waals surface area contributed by atoms with Crippen molar-refractivity contribution in [3.05, 3.63) is 42.5 Å². The molecule has 1 aliphatic rings. The van der Waals surface area contributed by atoms with Gasteiger partial charge in [0.15, 0.2) is 21.3 Å². The highest BCUT2D eigenvalue weighted by Crippen LogP contribution is 2.32. The van der Waals surface area contributed by atoms with E-state index in [2.05, 4.69) is 5.32 Å². The summed E-state index contributed by atoms with van der Waals surface area (Å²) < 4.78 is 60.8. The molecule has 3 rings (SSSR count). The van der Waals surface area contributed by atoms with Crippen molar-refractivity contribution in [2.45, 2.75) is 22.6 Å². The topological polar surface area (TPSA) is 119 Å². The lowest BCUT2D eigenvalue weighted by Gasteiger charge is -2.30. The van der Waals surface area contributed by atoms with E-state index >= 15 is 0 Å². The average Bonchev–Trinajstić information content (AvgIpc) is 2.78. The number of hydrogen-bond acceptors (Lipinski definition) is 7. The second kappa shape index (κ2) is 9.47. The molecule has 1 saturated heterocycles. The van der Waals surface area contributed by atoms with E-state index in [9.17, 15) is 21.6 Å². The average molecular weight is 483 g/mol. The number of hydrogen-bond donors (Lipinski definition) is 1. The Balaban J connectivity index is 1.63. The number of benzene rings is 2. The van der Waals surface area contributed by atoms with E-state index in [0.29, 0.717) is 30.0 Å². The fourth-order valence-corrected chi connectivity index (χ4v) is 5.63. The molecule has 0 bridgehead atoms. The lowest BCUT2D eigenvalue weighted by Crippen LogP contribution is -2.41. The first kappa shape index (κ1) is 24.0. The lowest BCUT2D eigenvalue weighted by atomic mass is 9.97. The van der Waals surface area contributed by atoms with Gasteiger partial charge in [-0.05, 0) is 49.2 Å². The summed E-state index contributed by atoms with van der Waals surface area (Å²) in [4.78, 5) is 12.9. The van der Waals surface area contributed by atoms with Crippen molar-refractivity contribution >= 4 is 31.5 Å². The quantitative estimate of drug-likeness (QED) is 0.642. The molecule has 11 heteroatoms. The molecule has 1 aliphatic heterocycles. The molecule has 0 aliphatic carbocycles. The van der Waals surface area contributed by atoms with E-state index < -0.39 is 19.9 Å². The number of nitrogens with one attached hydrogen (secondary N) is 1. The summed E-state index contributed by atoms with van der Waals surface area (Å²) in [7, 11) is -4.14. The van der Waals surface area contributed by atoms with Crippen molar-refractivity contribution in [1.29, 1.82) is 0 Å². The summed E-state index contributed by atoms with van der Waals surface area (Å²) in [6.07, 6.45) is 1.87. The minimum Gasteiger partial charge on any atom is -0.493 e. The first-order valence-corrected chi connectivity index (χ1v) is 13.2. The van der Waals surface area contributed by atoms with Crippen LogP contribution in [0, 0.1) is 5.92 Å². The molecule has 0 radical (unpaired) electrons. The van der Waals surface area contributed by atoms with E-state index in [4.69, 9.17) is 9.47 Å². The Kier molecular flexibility index (Phi) is 7.11. The van der Waals surface area contributed by atoms with Crippen LogP contribution < -0.4 is 14.8 Å². The Labute approximate surface area is 188 Å². The molecule has 1 fully saturated rings. The van der Waals surface area contributed by atoms with Crippen LogP contribution in [0.1, 0.15) is 12.8 Å². The number of methoxy groups -OCH3 is 2. The summed E-state index contributed by atoms with van der Waals surface area (Å²) in [5.74, 6) is 0.192. The van der Waals surface area contributed by atoms with Crippen molar-refractivity contribution in [1.82, 2.24) is 4.31 Å². The number of rotatable bonds is 7. The summed E-state index contributed by atoms with van der Waals surface area (Å²) in [6, 6.07) is 10.4. The van der Waals surface area contributed by atoms with Gasteiger partial charge in [-0.3, -0.25) is 4.79 Å². The molecule has 174 valence electrons. The van der Waals surface area contributed by atoms with Gasteiger partial charge in [-0.1, -0.05) is 0 Å². The Hall–Kier alpha value is -2.63. The van der Waals surface area contributed by atoms with Gasteiger partial charge in [0.2, 0.25) is 15.9 Å². The number of piperidine rings is 1. The standard InChI is InChI=1S/C21H26N2O7S2/c1-29-19-9-8-18(14-20(19)30-2)32(27,28)23-12-10-15(11-13-23)21(24)22-16-4-6-17(7-5-16)31(3,25)26/h4-9,14-15H,10-13H2,1-3H3,(H,22,24). The SMILES string of the molecule is COc1ccc(S(=O)(=O)N2CCC(C(=O)Nc3ccc(S(C)(=O)=O)cc3)CC2)cc1OC. The van der Waals surface area contributed by atoms with Crippen molar-refractivity contribution in [2.75, 3.05) is 38.9 Å². The van der Waals surface area contributed by atoms with Crippen LogP contribution in [0.25, 0.3) is 0 Å². The monoisotopic (exact) mass is 482 g/mol. The first-order chi connectivity index (χ1) is 15.1. The first-order valence-electron chi connectivity index (χ1n) is 9.89. The Morgan fingerprint density at radius 3 is 2.00 bits per heavy atom. The number of sulfonamides is 1. The Bertz CT molecular complexity index is 1190. The van der Waals surface area contributed by atoms with Crippen LogP contribution in [0.2, 0.25) is 0 Å². The molecular weight excluding hydrogens is 456 g/mol. The maximum Gasteiger partial charge on any atom is 0.243 e. The van der Waals surface area contributed by atoms with E-state index in [1.807, 2.05) is 0 Å². The minimum atomic E-state index is -3.74. The summed E-state index contributed by atoms with van der Waals surface area (Å²) in [6.45, 7) is 0.420. The van der Waals surface area contributed by atoms with Crippen LogP contribution in [0.15, 0.2) is 52.3 Å². The molecule has 2 aromatic carbocycles. The fourth-order valence-electron chi connectivity index (χ4n) is 3.51. The predicted molar refractivity (Wildman–Crippen MR) is 119 cm³/mol. The highest BCUT2D eigenvalue weighted by atomic mass is 32.2. The molecule has 0 aromatic heterocycles. The maximum atomic E-state index is 13.0. The zero-order valence-corrected chi connectivity index (χ0v) is 19.7. The van der Waals surface area contributed by atoms with Crippen molar-refractivity contribution in [3.63, 3.8) is 0 Å². The normalized spacial score (nSPS) is 15.8. The second-order valence-corrected chi connectivity index (χ2v) is 11.4. The molecule has 0 spiro atoms. The minimum absolute atomic E-state index is 0.101. The molecule has 0 unspecified atom stereocenters. The number of sulfone groups is 1. The van der Waals surface area contributed by atoms with Crippen molar-refractivity contribution in [3.8, 4) is 11.5 Å². The van der Waals surface area contributed by atoms with Gasteiger partial charge in [-0.25, -0.2) is 16.8 Å². The number of amides is 1. The molecule has 32 heavy (non-hydrogen) atoms. The molecule has 2 aromatic rings. The van der Waals surface area contributed by atoms with Crippen LogP contribution in [0.3, 0.4) is 0 Å². The van der Waals surface area contributed by atoms with E-state index in [1.54, 1.807) is 6.07 Å². The lowest BCUT2D eigenvalue weighted by molar-refractivity contribution is -0.120. The number of carbonyl (C=O) groups is 1. The van der Waals surface area contributed by atoms with Crippen molar-refractivity contribution < 1.29 is 31.1 Å². The molecule has 0 saturated carbocycles. The van der Waals surface area contributed by atoms with Crippen LogP contribution >= 0.6 is 0 Å². The molecule has 1 amide bonds. The van der Waals surface area contributed by atoms with E-state index in [-0.39, 0.29) is 34.7 Å². The van der Waals surface area contributed by atoms with Crippen LogP contribution in [-0.2, 0) is 24.7 Å². The third kappa shape index (κ3) is 5.22. The Morgan fingerprint density at radius 1 is 0.906 bits per heavy atom. The number of ether oxygens (including phenoxy) is 2. The molecular formula is C21H26N2O7S2. The molecule has 0 atom stereocenters. The zero-order chi connectivity index (χ0) is 23.5. The van der Waals surface area contributed by atoms with Crippen LogP contribution in [0.5, 0.6) is 11.5 Å². The van der Waals surface area contributed by atoms with Gasteiger partial charge in [0.1, 0.15) is 0 Å². The number of anilines is 1. The Morgan fingerprint density at radius 2 is 1.47 bits per heavy atom. The highest BCUT2D eigenvalue weighted by Gasteiger charge is 2.32. The van der Waals surface area contributed by atoms with Gasteiger partial charge in [0.05, 0.1) is 24.0 Å². The van der Waals surface area contributed by atoms with Crippen LogP contribution in [0.4, 0.5) is 5.69 Å². The van der Waals surface area contributed by atoms with E-state index in [1.165, 1.54) is 54.9 Å². The van der Waals surface area contributed by atoms with Gasteiger partial charge >= 0.3 is 0 Å². The van der Waals surface area contributed by atoms with E-state index in [0.717, 1.165) is 6.26 Å².